The Kier molecular flexibility index (Phi) is 8.26. The summed E-state index contributed by atoms with van der Waals surface area (Å²) >= 11 is 1.63. The van der Waals surface area contributed by atoms with E-state index in [1.165, 1.54) is 0 Å². The van der Waals surface area contributed by atoms with Crippen LogP contribution in [0.15, 0.2) is 53.1 Å². The van der Waals surface area contributed by atoms with Crippen LogP contribution in [0.1, 0.15) is 36.8 Å². The highest BCUT2D eigenvalue weighted by molar-refractivity contribution is 7.08. The van der Waals surface area contributed by atoms with Crippen molar-refractivity contribution < 1.29 is 24.1 Å². The number of amides is 1. The third kappa shape index (κ3) is 5.46. The zero-order valence-corrected chi connectivity index (χ0v) is 20.4. The standard InChI is InChI=1S/C26H32N2O5S/c1-3-32-26-20(5-4-11-29)21(18-9-12-34-16-18)14-24(33-26)25(30)27-10-8-17-15-28-23-7-6-19(31-2)13-22(17)23/h6-7,9,12-16,20-21,26,28-29H,3-5,8,10-11H2,1-2H3,(H,27,30)/t20-,21+,26+/m1/s1. The van der Waals surface area contributed by atoms with Crippen molar-refractivity contribution in [3.8, 4) is 5.75 Å². The van der Waals surface area contributed by atoms with Gasteiger partial charge in [0.25, 0.3) is 5.91 Å². The minimum atomic E-state index is -0.534. The predicted molar refractivity (Wildman–Crippen MR) is 133 cm³/mol. The number of carbonyl (C=O) groups excluding carboxylic acids is 1. The molecule has 7 nitrogen and oxygen atoms in total. The van der Waals surface area contributed by atoms with Crippen molar-refractivity contribution in [3.05, 3.63) is 64.2 Å². The summed E-state index contributed by atoms with van der Waals surface area (Å²) in [6.45, 7) is 2.98. The minimum Gasteiger partial charge on any atom is -0.497 e. The van der Waals surface area contributed by atoms with Crippen molar-refractivity contribution in [1.82, 2.24) is 10.3 Å². The van der Waals surface area contributed by atoms with Gasteiger partial charge in [0.05, 0.1) is 7.11 Å². The van der Waals surface area contributed by atoms with E-state index in [1.807, 2.05) is 42.8 Å². The number of thiophene rings is 1. The maximum absolute atomic E-state index is 13.1. The number of rotatable bonds is 11. The normalized spacial score (nSPS) is 20.1. The van der Waals surface area contributed by atoms with Crippen LogP contribution in [0.3, 0.4) is 0 Å². The Morgan fingerprint density at radius 1 is 1.32 bits per heavy atom. The fraction of sp³-hybridized carbons (Fsp3) is 0.423. The maximum atomic E-state index is 13.1. The van der Waals surface area contributed by atoms with E-state index >= 15 is 0 Å². The molecular weight excluding hydrogens is 452 g/mol. The Hall–Kier alpha value is -2.81. The molecule has 3 aromatic rings. The lowest BCUT2D eigenvalue weighted by molar-refractivity contribution is -0.166. The monoisotopic (exact) mass is 484 g/mol. The molecule has 1 aliphatic heterocycles. The third-order valence-corrected chi connectivity index (χ3v) is 6.92. The second kappa shape index (κ2) is 11.6. The van der Waals surface area contributed by atoms with Gasteiger partial charge in [0, 0.05) is 48.7 Å². The molecule has 34 heavy (non-hydrogen) atoms. The molecule has 0 radical (unpaired) electrons. The number of hydrogen-bond acceptors (Lipinski definition) is 6. The summed E-state index contributed by atoms with van der Waals surface area (Å²) < 4.78 is 17.3. The minimum absolute atomic E-state index is 0.00932. The topological polar surface area (TPSA) is 92.8 Å². The zero-order valence-electron chi connectivity index (χ0n) is 19.6. The van der Waals surface area contributed by atoms with E-state index in [0.717, 1.165) is 34.2 Å². The largest absolute Gasteiger partial charge is 0.497 e. The second-order valence-electron chi connectivity index (χ2n) is 8.32. The van der Waals surface area contributed by atoms with Gasteiger partial charge in [-0.1, -0.05) is 0 Å². The predicted octanol–water partition coefficient (Wildman–Crippen LogP) is 4.35. The molecule has 0 unspecified atom stereocenters. The molecule has 1 aromatic carbocycles. The van der Waals surface area contributed by atoms with Gasteiger partial charge in [-0.3, -0.25) is 4.79 Å². The lowest BCUT2D eigenvalue weighted by Crippen LogP contribution is -2.39. The second-order valence-corrected chi connectivity index (χ2v) is 9.10. The summed E-state index contributed by atoms with van der Waals surface area (Å²) in [5, 5.41) is 17.6. The number of aliphatic hydroxyl groups excluding tert-OH is 1. The van der Waals surface area contributed by atoms with E-state index in [4.69, 9.17) is 14.2 Å². The Balaban J connectivity index is 1.47. The number of ether oxygens (including phenoxy) is 3. The fourth-order valence-electron chi connectivity index (χ4n) is 4.50. The Morgan fingerprint density at radius 2 is 2.21 bits per heavy atom. The van der Waals surface area contributed by atoms with Crippen LogP contribution in [0.5, 0.6) is 5.75 Å². The number of aromatic amines is 1. The molecule has 0 fully saturated rings. The molecule has 0 bridgehead atoms. The van der Waals surface area contributed by atoms with Crippen molar-refractivity contribution in [2.75, 3.05) is 26.9 Å². The lowest BCUT2D eigenvalue weighted by atomic mass is 9.81. The molecule has 0 aliphatic carbocycles. The van der Waals surface area contributed by atoms with Gasteiger partial charge >= 0.3 is 0 Å². The van der Waals surface area contributed by atoms with Crippen LogP contribution in [0.2, 0.25) is 0 Å². The maximum Gasteiger partial charge on any atom is 0.286 e. The molecule has 0 saturated carbocycles. The van der Waals surface area contributed by atoms with Gasteiger partial charge in [-0.25, -0.2) is 0 Å². The smallest absolute Gasteiger partial charge is 0.286 e. The van der Waals surface area contributed by atoms with Crippen molar-refractivity contribution >= 4 is 28.1 Å². The number of hydrogen-bond donors (Lipinski definition) is 3. The summed E-state index contributed by atoms with van der Waals surface area (Å²) in [7, 11) is 1.65. The molecule has 2 aromatic heterocycles. The highest BCUT2D eigenvalue weighted by Gasteiger charge is 2.37. The van der Waals surface area contributed by atoms with E-state index < -0.39 is 6.29 Å². The number of aliphatic hydroxyl groups is 1. The molecule has 0 spiro atoms. The van der Waals surface area contributed by atoms with Gasteiger partial charge in [0.1, 0.15) is 5.75 Å². The highest BCUT2D eigenvalue weighted by Crippen LogP contribution is 2.40. The molecule has 8 heteroatoms. The third-order valence-electron chi connectivity index (χ3n) is 6.22. The van der Waals surface area contributed by atoms with Gasteiger partial charge in [-0.05, 0) is 78.4 Å². The molecule has 1 aliphatic rings. The number of carbonyl (C=O) groups is 1. The molecule has 0 saturated heterocycles. The Labute approximate surface area is 203 Å². The number of H-pyrrole nitrogens is 1. The van der Waals surface area contributed by atoms with E-state index in [9.17, 15) is 9.90 Å². The number of benzene rings is 1. The van der Waals surface area contributed by atoms with E-state index in [-0.39, 0.29) is 30.1 Å². The summed E-state index contributed by atoms with van der Waals surface area (Å²) in [5.74, 6) is 0.859. The van der Waals surface area contributed by atoms with Crippen molar-refractivity contribution in [2.24, 2.45) is 5.92 Å². The summed E-state index contributed by atoms with van der Waals surface area (Å²) in [6, 6.07) is 7.99. The van der Waals surface area contributed by atoms with E-state index in [0.29, 0.717) is 26.0 Å². The van der Waals surface area contributed by atoms with Crippen molar-refractivity contribution in [3.63, 3.8) is 0 Å². The van der Waals surface area contributed by atoms with E-state index in [1.54, 1.807) is 18.4 Å². The molecule has 4 rings (SSSR count). The lowest BCUT2D eigenvalue weighted by Gasteiger charge is -2.36. The summed E-state index contributed by atoms with van der Waals surface area (Å²) in [5.41, 5.74) is 3.28. The molecule has 1 amide bonds. The van der Waals surface area contributed by atoms with Crippen LogP contribution >= 0.6 is 11.3 Å². The first kappa shape index (κ1) is 24.3. The average Bonchev–Trinajstić information content (AvgIpc) is 3.53. The van der Waals surface area contributed by atoms with E-state index in [2.05, 4.69) is 21.7 Å². The summed E-state index contributed by atoms with van der Waals surface area (Å²) in [6.07, 6.45) is 5.42. The Bertz CT molecular complexity index is 1110. The van der Waals surface area contributed by atoms with Crippen LogP contribution in [0, 0.1) is 5.92 Å². The fourth-order valence-corrected chi connectivity index (χ4v) is 5.21. The van der Waals surface area contributed by atoms with Crippen LogP contribution < -0.4 is 10.1 Å². The van der Waals surface area contributed by atoms with Gasteiger partial charge in [-0.15, -0.1) is 0 Å². The van der Waals surface area contributed by atoms with Crippen molar-refractivity contribution in [2.45, 2.75) is 38.4 Å². The summed E-state index contributed by atoms with van der Waals surface area (Å²) in [4.78, 5) is 16.3. The van der Waals surface area contributed by atoms with Gasteiger partial charge < -0.3 is 29.6 Å². The average molecular weight is 485 g/mol. The van der Waals surface area contributed by atoms with Crippen molar-refractivity contribution in [1.29, 1.82) is 0 Å². The highest BCUT2D eigenvalue weighted by atomic mass is 32.1. The molecular formula is C26H32N2O5S. The quantitative estimate of drug-likeness (QED) is 0.376. The van der Waals surface area contributed by atoms with Gasteiger partial charge in [0.15, 0.2) is 5.76 Å². The van der Waals surface area contributed by atoms with Crippen LogP contribution in [0.4, 0.5) is 0 Å². The van der Waals surface area contributed by atoms with Gasteiger partial charge in [0.2, 0.25) is 6.29 Å². The SMILES string of the molecule is CCO[C@H]1OC(C(=O)NCCc2c[nH]c3ccc(OC)cc23)=C[C@@H](c2ccsc2)[C@H]1CCCO. The zero-order chi connectivity index (χ0) is 23.9. The van der Waals surface area contributed by atoms with Crippen LogP contribution in [0.25, 0.3) is 10.9 Å². The number of aromatic nitrogens is 1. The molecule has 3 atom stereocenters. The molecule has 182 valence electrons. The number of fused-ring (bicyclic) bond motifs is 1. The molecule has 3 heterocycles. The Morgan fingerprint density at radius 3 is 2.94 bits per heavy atom. The van der Waals surface area contributed by atoms with Crippen LogP contribution in [-0.4, -0.2) is 49.2 Å². The first-order valence-corrected chi connectivity index (χ1v) is 12.6. The van der Waals surface area contributed by atoms with Crippen LogP contribution in [-0.2, 0) is 20.7 Å². The number of allylic oxidation sites excluding steroid dienone is 1. The van der Waals surface area contributed by atoms with Gasteiger partial charge in [-0.2, -0.15) is 11.3 Å². The number of methoxy groups -OCH3 is 1. The number of nitrogens with one attached hydrogen (secondary N) is 2. The first-order chi connectivity index (χ1) is 16.6. The molecule has 3 N–H and O–H groups in total. The first-order valence-electron chi connectivity index (χ1n) is 11.7.